The van der Waals surface area contributed by atoms with Crippen LogP contribution in [0.2, 0.25) is 0 Å². The smallest absolute Gasteiger partial charge is 0.340 e. The molecule has 0 aliphatic heterocycles. The molecule has 5 heteroatoms. The summed E-state index contributed by atoms with van der Waals surface area (Å²) in [5, 5.41) is 2.45. The zero-order valence-electron chi connectivity index (χ0n) is 10.5. The van der Waals surface area contributed by atoms with E-state index in [-0.39, 0.29) is 5.82 Å². The number of carbonyl (C=O) groups excluding carboxylic acids is 1. The Morgan fingerprint density at radius 2 is 2.05 bits per heavy atom. The minimum absolute atomic E-state index is 0.318. The fraction of sp³-hybridized carbons (Fsp3) is 0.143. The first kappa shape index (κ1) is 13.4. The van der Waals surface area contributed by atoms with Crippen LogP contribution in [0.3, 0.4) is 0 Å². The van der Waals surface area contributed by atoms with Gasteiger partial charge < -0.3 is 4.74 Å². The molecule has 2 rings (SSSR count). The van der Waals surface area contributed by atoms with E-state index >= 15 is 0 Å². The standard InChI is InChI=1S/C14H12FNO2S/c1-9-8-19-13(16-9)12(14(17)18-2)7-10-3-5-11(15)6-4-10/h3-8H,1-2H3/b12-7-. The van der Waals surface area contributed by atoms with Crippen molar-refractivity contribution in [3.05, 3.63) is 51.7 Å². The molecular formula is C14H12FNO2S. The van der Waals surface area contributed by atoms with Crippen LogP contribution in [-0.2, 0) is 9.53 Å². The third kappa shape index (κ3) is 3.26. The summed E-state index contributed by atoms with van der Waals surface area (Å²) in [4.78, 5) is 16.1. The fourth-order valence-corrected chi connectivity index (χ4v) is 2.32. The van der Waals surface area contributed by atoms with Gasteiger partial charge in [0.2, 0.25) is 0 Å². The van der Waals surface area contributed by atoms with Crippen molar-refractivity contribution in [3.63, 3.8) is 0 Å². The Morgan fingerprint density at radius 1 is 1.37 bits per heavy atom. The third-order valence-corrected chi connectivity index (χ3v) is 3.43. The van der Waals surface area contributed by atoms with Gasteiger partial charge in [-0.2, -0.15) is 0 Å². The summed E-state index contributed by atoms with van der Waals surface area (Å²) in [5.41, 5.74) is 1.93. The second-order valence-corrected chi connectivity index (χ2v) is 4.75. The molecule has 0 amide bonds. The maximum Gasteiger partial charge on any atom is 0.340 e. The van der Waals surface area contributed by atoms with Gasteiger partial charge in [-0.3, -0.25) is 0 Å². The second kappa shape index (κ2) is 5.75. The number of hydrogen-bond donors (Lipinski definition) is 0. The van der Waals surface area contributed by atoms with Crippen LogP contribution >= 0.6 is 11.3 Å². The highest BCUT2D eigenvalue weighted by atomic mass is 32.1. The fourth-order valence-electron chi connectivity index (χ4n) is 1.52. The molecule has 0 saturated carbocycles. The highest BCUT2D eigenvalue weighted by Crippen LogP contribution is 2.23. The topological polar surface area (TPSA) is 39.2 Å². The number of methoxy groups -OCH3 is 1. The van der Waals surface area contributed by atoms with Gasteiger partial charge in [-0.05, 0) is 30.7 Å². The molecular weight excluding hydrogens is 265 g/mol. The highest BCUT2D eigenvalue weighted by molar-refractivity contribution is 7.11. The van der Waals surface area contributed by atoms with Crippen LogP contribution < -0.4 is 0 Å². The number of nitrogens with zero attached hydrogens (tertiary/aromatic N) is 1. The van der Waals surface area contributed by atoms with E-state index in [2.05, 4.69) is 4.98 Å². The van der Waals surface area contributed by atoms with Gasteiger partial charge in [0, 0.05) is 11.1 Å². The van der Waals surface area contributed by atoms with E-state index in [0.717, 1.165) is 11.3 Å². The van der Waals surface area contributed by atoms with Gasteiger partial charge in [0.1, 0.15) is 10.8 Å². The molecule has 0 saturated heterocycles. The Hall–Kier alpha value is -2.01. The van der Waals surface area contributed by atoms with Gasteiger partial charge in [0.05, 0.1) is 12.7 Å². The number of benzene rings is 1. The molecule has 19 heavy (non-hydrogen) atoms. The van der Waals surface area contributed by atoms with Crippen LogP contribution in [0.1, 0.15) is 16.3 Å². The van der Waals surface area contributed by atoms with E-state index in [4.69, 9.17) is 4.74 Å². The SMILES string of the molecule is COC(=O)/C(=C\c1ccc(F)cc1)c1nc(C)cs1. The molecule has 98 valence electrons. The molecule has 0 aliphatic rings. The number of halogens is 1. The zero-order chi connectivity index (χ0) is 13.8. The van der Waals surface area contributed by atoms with E-state index in [1.807, 2.05) is 12.3 Å². The number of carbonyl (C=O) groups is 1. The largest absolute Gasteiger partial charge is 0.465 e. The van der Waals surface area contributed by atoms with Crippen molar-refractivity contribution >= 4 is 29.0 Å². The molecule has 0 fully saturated rings. The van der Waals surface area contributed by atoms with Gasteiger partial charge >= 0.3 is 5.97 Å². The lowest BCUT2D eigenvalue weighted by Crippen LogP contribution is -2.03. The molecule has 0 spiro atoms. The summed E-state index contributed by atoms with van der Waals surface area (Å²) in [5.74, 6) is -0.777. The molecule has 1 aromatic carbocycles. The van der Waals surface area contributed by atoms with Crippen LogP contribution in [0.25, 0.3) is 11.6 Å². The van der Waals surface area contributed by atoms with Crippen molar-refractivity contribution in [2.24, 2.45) is 0 Å². The Bertz CT molecular complexity index is 617. The van der Waals surface area contributed by atoms with Crippen molar-refractivity contribution < 1.29 is 13.9 Å². The van der Waals surface area contributed by atoms with Crippen LogP contribution in [0.15, 0.2) is 29.6 Å². The second-order valence-electron chi connectivity index (χ2n) is 3.90. The van der Waals surface area contributed by atoms with Crippen LogP contribution in [-0.4, -0.2) is 18.1 Å². The maximum atomic E-state index is 12.9. The van der Waals surface area contributed by atoms with Gasteiger partial charge in [0.25, 0.3) is 0 Å². The molecule has 0 unspecified atom stereocenters. The number of hydrogen-bond acceptors (Lipinski definition) is 4. The molecule has 3 nitrogen and oxygen atoms in total. The van der Waals surface area contributed by atoms with Gasteiger partial charge in [-0.25, -0.2) is 14.2 Å². The quantitative estimate of drug-likeness (QED) is 0.638. The zero-order valence-corrected chi connectivity index (χ0v) is 11.3. The highest BCUT2D eigenvalue weighted by Gasteiger charge is 2.15. The molecule has 0 atom stereocenters. The Kier molecular flexibility index (Phi) is 4.06. The van der Waals surface area contributed by atoms with E-state index in [1.165, 1.54) is 30.6 Å². The molecule has 0 aliphatic carbocycles. The summed E-state index contributed by atoms with van der Waals surface area (Å²) >= 11 is 1.37. The summed E-state index contributed by atoms with van der Waals surface area (Å²) in [6, 6.07) is 5.87. The van der Waals surface area contributed by atoms with Crippen molar-refractivity contribution in [1.82, 2.24) is 4.98 Å². The Morgan fingerprint density at radius 3 is 2.58 bits per heavy atom. The molecule has 1 heterocycles. The maximum absolute atomic E-state index is 12.9. The normalized spacial score (nSPS) is 11.4. The lowest BCUT2D eigenvalue weighted by Gasteiger charge is -2.02. The molecule has 0 bridgehead atoms. The Labute approximate surface area is 114 Å². The monoisotopic (exact) mass is 277 g/mol. The van der Waals surface area contributed by atoms with Crippen molar-refractivity contribution in [2.45, 2.75) is 6.92 Å². The number of esters is 1. The summed E-state index contributed by atoms with van der Waals surface area (Å²) < 4.78 is 17.6. The van der Waals surface area contributed by atoms with Crippen molar-refractivity contribution in [3.8, 4) is 0 Å². The third-order valence-electron chi connectivity index (χ3n) is 2.44. The van der Waals surface area contributed by atoms with E-state index < -0.39 is 5.97 Å². The van der Waals surface area contributed by atoms with Crippen LogP contribution in [0.5, 0.6) is 0 Å². The van der Waals surface area contributed by atoms with E-state index in [0.29, 0.717) is 10.6 Å². The number of ether oxygens (including phenoxy) is 1. The first-order chi connectivity index (χ1) is 9.10. The number of rotatable bonds is 3. The minimum atomic E-state index is -0.460. The lowest BCUT2D eigenvalue weighted by molar-refractivity contribution is -0.133. The minimum Gasteiger partial charge on any atom is -0.465 e. The number of aromatic nitrogens is 1. The first-order valence-electron chi connectivity index (χ1n) is 5.58. The predicted octanol–water partition coefficient (Wildman–Crippen LogP) is 3.30. The van der Waals surface area contributed by atoms with Crippen LogP contribution in [0, 0.1) is 12.7 Å². The number of thiazole rings is 1. The van der Waals surface area contributed by atoms with E-state index in [1.54, 1.807) is 18.2 Å². The molecule has 0 radical (unpaired) electrons. The average molecular weight is 277 g/mol. The summed E-state index contributed by atoms with van der Waals surface area (Å²) in [6.45, 7) is 1.85. The van der Waals surface area contributed by atoms with Gasteiger partial charge in [-0.15, -0.1) is 11.3 Å². The molecule has 2 aromatic rings. The number of aryl methyl sites for hydroxylation is 1. The Balaban J connectivity index is 2.43. The van der Waals surface area contributed by atoms with Crippen molar-refractivity contribution in [1.29, 1.82) is 0 Å². The van der Waals surface area contributed by atoms with Crippen molar-refractivity contribution in [2.75, 3.05) is 7.11 Å². The van der Waals surface area contributed by atoms with E-state index in [9.17, 15) is 9.18 Å². The van der Waals surface area contributed by atoms with Gasteiger partial charge in [-0.1, -0.05) is 12.1 Å². The lowest BCUT2D eigenvalue weighted by atomic mass is 10.1. The van der Waals surface area contributed by atoms with Crippen LogP contribution in [0.4, 0.5) is 4.39 Å². The molecule has 0 N–H and O–H groups in total. The predicted molar refractivity (Wildman–Crippen MR) is 73.1 cm³/mol. The first-order valence-corrected chi connectivity index (χ1v) is 6.46. The summed E-state index contributed by atoms with van der Waals surface area (Å²) in [6.07, 6.45) is 1.64. The molecule has 1 aromatic heterocycles. The van der Waals surface area contributed by atoms with Gasteiger partial charge in [0.15, 0.2) is 0 Å². The average Bonchev–Trinajstić information content (AvgIpc) is 2.83. The summed E-state index contributed by atoms with van der Waals surface area (Å²) in [7, 11) is 1.32.